The first-order chi connectivity index (χ1) is 16.6. The van der Waals surface area contributed by atoms with E-state index in [0.29, 0.717) is 30.8 Å². The number of carboxylic acids is 1. The quantitative estimate of drug-likeness (QED) is 0.692. The highest BCUT2D eigenvalue weighted by Gasteiger charge is 2.65. The van der Waals surface area contributed by atoms with E-state index in [4.69, 9.17) is 9.47 Å². The van der Waals surface area contributed by atoms with Crippen molar-refractivity contribution >= 4 is 17.7 Å². The van der Waals surface area contributed by atoms with Gasteiger partial charge in [0.25, 0.3) is 0 Å². The van der Waals surface area contributed by atoms with Crippen molar-refractivity contribution in [3.63, 3.8) is 0 Å². The molecule has 1 unspecified atom stereocenters. The largest absolute Gasteiger partial charge is 0.497 e. The number of aliphatic carboxylic acids is 1. The van der Waals surface area contributed by atoms with Crippen molar-refractivity contribution in [3.05, 3.63) is 23.8 Å². The molecule has 1 aliphatic heterocycles. The van der Waals surface area contributed by atoms with Gasteiger partial charge >= 0.3 is 5.97 Å². The van der Waals surface area contributed by atoms with Gasteiger partial charge < -0.3 is 19.5 Å². The normalized spacial score (nSPS) is 40.5. The number of fused-ring (bicyclic) bond motifs is 5. The van der Waals surface area contributed by atoms with Crippen LogP contribution in [0, 0.1) is 34.5 Å². The molecular formula is C28H37NO6. The Morgan fingerprint density at radius 2 is 1.77 bits per heavy atom. The first-order valence-electron chi connectivity index (χ1n) is 12.8. The lowest BCUT2D eigenvalue weighted by Crippen LogP contribution is -2.65. The highest BCUT2D eigenvalue weighted by molar-refractivity contribution is 5.89. The minimum absolute atomic E-state index is 0.0118. The van der Waals surface area contributed by atoms with E-state index in [9.17, 15) is 19.5 Å². The van der Waals surface area contributed by atoms with Crippen molar-refractivity contribution in [3.8, 4) is 11.5 Å². The fourth-order valence-electron chi connectivity index (χ4n) is 8.69. The molecule has 1 saturated heterocycles. The molecular weight excluding hydrogens is 446 g/mol. The number of carboxylic acid groups (broad SMARTS) is 1. The molecule has 4 fully saturated rings. The molecule has 3 saturated carbocycles. The summed E-state index contributed by atoms with van der Waals surface area (Å²) in [6.45, 7) is 4.36. The minimum atomic E-state index is -0.728. The van der Waals surface area contributed by atoms with Gasteiger partial charge in [-0.15, -0.1) is 0 Å². The van der Waals surface area contributed by atoms with Crippen molar-refractivity contribution in [1.29, 1.82) is 0 Å². The number of amides is 1. The van der Waals surface area contributed by atoms with Crippen LogP contribution in [0.4, 0.5) is 0 Å². The SMILES string of the molecule is COc1ccc(OC)c(C2C[C@]3(C)[C@H]4CC[C@]5(C)[C@@H](C(=O)O)CC[C@H]5[C@@H]4C(=O)C[C@H]3N(C)C2=O)c1. The summed E-state index contributed by atoms with van der Waals surface area (Å²) in [4.78, 5) is 41.2. The lowest BCUT2D eigenvalue weighted by atomic mass is 9.45. The Bertz CT molecular complexity index is 1070. The van der Waals surface area contributed by atoms with Crippen molar-refractivity contribution in [2.45, 2.75) is 64.3 Å². The topological polar surface area (TPSA) is 93.1 Å². The Hall–Kier alpha value is -2.57. The molecule has 7 heteroatoms. The average Bonchev–Trinajstić information content (AvgIpc) is 3.20. The summed E-state index contributed by atoms with van der Waals surface area (Å²) in [7, 11) is 5.06. The van der Waals surface area contributed by atoms with Crippen LogP contribution in [0.25, 0.3) is 0 Å². The van der Waals surface area contributed by atoms with Crippen molar-refractivity contribution in [2.75, 3.05) is 21.3 Å². The summed E-state index contributed by atoms with van der Waals surface area (Å²) in [5.74, 6) is 0.185. The second-order valence-electron chi connectivity index (χ2n) is 11.8. The lowest BCUT2D eigenvalue weighted by molar-refractivity contribution is -0.172. The zero-order chi connectivity index (χ0) is 25.3. The van der Waals surface area contributed by atoms with Crippen molar-refractivity contribution in [2.24, 2.45) is 34.5 Å². The molecule has 1 aromatic carbocycles. The summed E-state index contributed by atoms with van der Waals surface area (Å²) in [6.07, 6.45) is 4.08. The summed E-state index contributed by atoms with van der Waals surface area (Å²) >= 11 is 0. The maximum absolute atomic E-state index is 13.7. The van der Waals surface area contributed by atoms with Crippen LogP contribution in [0.3, 0.4) is 0 Å². The summed E-state index contributed by atoms with van der Waals surface area (Å²) in [5.41, 5.74) is 0.240. The molecule has 1 heterocycles. The Kier molecular flexibility index (Phi) is 5.68. The molecule has 5 rings (SSSR count). The van der Waals surface area contributed by atoms with Gasteiger partial charge in [-0.3, -0.25) is 14.4 Å². The van der Waals surface area contributed by atoms with E-state index in [0.717, 1.165) is 24.8 Å². The number of rotatable bonds is 4. The first kappa shape index (κ1) is 24.1. The van der Waals surface area contributed by atoms with Crippen molar-refractivity contribution in [1.82, 2.24) is 4.90 Å². The number of benzene rings is 1. The Morgan fingerprint density at radius 3 is 2.43 bits per heavy atom. The molecule has 3 aliphatic carbocycles. The van der Waals surface area contributed by atoms with Gasteiger partial charge in [-0.25, -0.2) is 0 Å². The first-order valence-corrected chi connectivity index (χ1v) is 12.8. The number of carbonyl (C=O) groups is 3. The minimum Gasteiger partial charge on any atom is -0.497 e. The monoisotopic (exact) mass is 483 g/mol. The molecule has 7 nitrogen and oxygen atoms in total. The number of likely N-dealkylation sites (tertiary alicyclic amines) is 1. The van der Waals surface area contributed by atoms with Gasteiger partial charge in [0.15, 0.2) is 0 Å². The van der Waals surface area contributed by atoms with Crippen LogP contribution in [0.5, 0.6) is 11.5 Å². The molecule has 1 N–H and O–H groups in total. The third-order valence-electron chi connectivity index (χ3n) is 10.5. The standard InChI is InChI=1S/C28H37NO6/c1-27-11-10-19-24(18(27)7-8-20(27)26(32)33)21(30)13-23-28(19,2)14-17(25(31)29(23)3)16-12-15(34-4)6-9-22(16)35-5/h6,9,12,17-20,23-24H,7-8,10-11,13-14H2,1-5H3,(H,32,33)/t17?,18-,19-,20+,23+,24-,27-,28+/m0/s1. The van der Waals surface area contributed by atoms with Crippen LogP contribution >= 0.6 is 0 Å². The third kappa shape index (κ3) is 3.33. The van der Waals surface area contributed by atoms with Crippen LogP contribution in [-0.2, 0) is 14.4 Å². The molecule has 1 amide bonds. The number of hydrogen-bond donors (Lipinski definition) is 1. The summed E-state index contributed by atoms with van der Waals surface area (Å²) < 4.78 is 11.1. The van der Waals surface area contributed by atoms with Gasteiger partial charge in [0.1, 0.15) is 17.3 Å². The smallest absolute Gasteiger partial charge is 0.307 e. The average molecular weight is 484 g/mol. The van der Waals surface area contributed by atoms with E-state index in [1.54, 1.807) is 14.2 Å². The highest BCUT2D eigenvalue weighted by atomic mass is 16.5. The van der Waals surface area contributed by atoms with Crippen molar-refractivity contribution < 1.29 is 29.0 Å². The zero-order valence-electron chi connectivity index (χ0n) is 21.4. The molecule has 0 spiro atoms. The number of Topliss-reactive ketones (excluding diaryl/α,β-unsaturated/α-hetero) is 1. The Balaban J connectivity index is 1.54. The second kappa shape index (κ2) is 8.24. The fraction of sp³-hybridized carbons (Fsp3) is 0.679. The number of nitrogens with zero attached hydrogens (tertiary/aromatic N) is 1. The number of hydrogen-bond acceptors (Lipinski definition) is 5. The lowest BCUT2D eigenvalue weighted by Gasteiger charge is -2.61. The molecule has 8 atom stereocenters. The van der Waals surface area contributed by atoms with Crippen LogP contribution in [0.1, 0.15) is 63.9 Å². The predicted molar refractivity (Wildman–Crippen MR) is 129 cm³/mol. The molecule has 4 aliphatic rings. The van der Waals surface area contributed by atoms with E-state index in [1.807, 2.05) is 30.1 Å². The van der Waals surface area contributed by atoms with E-state index in [2.05, 4.69) is 13.8 Å². The van der Waals surface area contributed by atoms with Gasteiger partial charge in [-0.1, -0.05) is 13.8 Å². The number of carbonyl (C=O) groups excluding carboxylic acids is 2. The van der Waals surface area contributed by atoms with Gasteiger partial charge in [-0.05, 0) is 73.0 Å². The number of ether oxygens (including phenoxy) is 2. The van der Waals surface area contributed by atoms with E-state index in [-0.39, 0.29) is 58.2 Å². The maximum Gasteiger partial charge on any atom is 0.307 e. The number of piperidine rings is 1. The molecule has 0 bridgehead atoms. The molecule has 0 radical (unpaired) electrons. The fourth-order valence-corrected chi connectivity index (χ4v) is 8.69. The third-order valence-corrected chi connectivity index (χ3v) is 10.5. The molecule has 190 valence electrons. The van der Waals surface area contributed by atoms with Gasteiger partial charge in [0.2, 0.25) is 5.91 Å². The molecule has 0 aromatic heterocycles. The zero-order valence-corrected chi connectivity index (χ0v) is 21.4. The number of likely N-dealkylation sites (N-methyl/N-ethyl adjacent to an activating group) is 1. The Labute approximate surface area is 207 Å². The van der Waals surface area contributed by atoms with Crippen LogP contribution < -0.4 is 9.47 Å². The van der Waals surface area contributed by atoms with Crippen LogP contribution in [0.2, 0.25) is 0 Å². The maximum atomic E-state index is 13.7. The van der Waals surface area contributed by atoms with Crippen LogP contribution in [0.15, 0.2) is 18.2 Å². The second-order valence-corrected chi connectivity index (χ2v) is 11.8. The van der Waals surface area contributed by atoms with E-state index in [1.165, 1.54) is 0 Å². The number of ketones is 1. The highest BCUT2D eigenvalue weighted by Crippen LogP contribution is 2.66. The van der Waals surface area contributed by atoms with Gasteiger partial charge in [0, 0.05) is 31.0 Å². The molecule has 35 heavy (non-hydrogen) atoms. The predicted octanol–water partition coefficient (Wildman–Crippen LogP) is 4.14. The van der Waals surface area contributed by atoms with E-state index < -0.39 is 5.97 Å². The number of methoxy groups -OCH3 is 2. The summed E-state index contributed by atoms with van der Waals surface area (Å²) in [5, 5.41) is 9.88. The van der Waals surface area contributed by atoms with E-state index >= 15 is 0 Å². The molecule has 1 aromatic rings. The van der Waals surface area contributed by atoms with Crippen LogP contribution in [-0.4, -0.2) is 55.0 Å². The van der Waals surface area contributed by atoms with Gasteiger partial charge in [-0.2, -0.15) is 0 Å². The summed E-state index contributed by atoms with van der Waals surface area (Å²) in [6, 6.07) is 5.44. The Morgan fingerprint density at radius 1 is 1.06 bits per heavy atom. The van der Waals surface area contributed by atoms with Gasteiger partial charge in [0.05, 0.1) is 26.1 Å².